The topological polar surface area (TPSA) is 43.4 Å². The van der Waals surface area contributed by atoms with Crippen LogP contribution in [0.3, 0.4) is 0 Å². The van der Waals surface area contributed by atoms with Crippen LogP contribution >= 0.6 is 0 Å². The number of methoxy groups -OCH3 is 1. The number of Topliss-reactive ketones (excluding diaryl/α,β-unsaturated/α-hetero) is 1. The van der Waals surface area contributed by atoms with E-state index in [0.29, 0.717) is 24.8 Å². The van der Waals surface area contributed by atoms with Crippen molar-refractivity contribution < 1.29 is 14.3 Å². The third-order valence-corrected chi connectivity index (χ3v) is 4.29. The number of carbonyl (C=O) groups excluding carboxylic acids is 2. The second-order valence-electron chi connectivity index (χ2n) is 7.35. The van der Waals surface area contributed by atoms with Crippen molar-refractivity contribution in [2.75, 3.05) is 7.11 Å². The first-order valence-corrected chi connectivity index (χ1v) is 8.58. The summed E-state index contributed by atoms with van der Waals surface area (Å²) in [5, 5.41) is 0. The van der Waals surface area contributed by atoms with Crippen LogP contribution in [0.25, 0.3) is 0 Å². The Balaban J connectivity index is 1.87. The molecule has 2 aromatic carbocycles. The summed E-state index contributed by atoms with van der Waals surface area (Å²) in [6, 6.07) is 15.5. The SMILES string of the molecule is COC(=O)c1ccc(CCC(=O)Cc2ccc(C(C)(C)C)cc2)cc1. The van der Waals surface area contributed by atoms with Crippen LogP contribution in [-0.2, 0) is 27.8 Å². The third-order valence-electron chi connectivity index (χ3n) is 4.29. The smallest absolute Gasteiger partial charge is 0.337 e. The van der Waals surface area contributed by atoms with E-state index < -0.39 is 0 Å². The minimum atomic E-state index is -0.346. The summed E-state index contributed by atoms with van der Waals surface area (Å²) in [5.41, 5.74) is 4.02. The molecular formula is C22H26O3. The summed E-state index contributed by atoms with van der Waals surface area (Å²) in [7, 11) is 1.36. The van der Waals surface area contributed by atoms with Crippen LogP contribution in [0.4, 0.5) is 0 Å². The molecule has 0 aliphatic heterocycles. The van der Waals surface area contributed by atoms with E-state index in [1.165, 1.54) is 12.7 Å². The van der Waals surface area contributed by atoms with Crippen molar-refractivity contribution in [1.29, 1.82) is 0 Å². The van der Waals surface area contributed by atoms with E-state index in [2.05, 4.69) is 37.6 Å². The van der Waals surface area contributed by atoms with Crippen LogP contribution in [0.15, 0.2) is 48.5 Å². The number of esters is 1. The van der Waals surface area contributed by atoms with Gasteiger partial charge in [-0.15, -0.1) is 0 Å². The van der Waals surface area contributed by atoms with Crippen LogP contribution in [0.5, 0.6) is 0 Å². The Morgan fingerprint density at radius 3 is 1.96 bits per heavy atom. The Bertz CT molecular complexity index is 719. The molecule has 25 heavy (non-hydrogen) atoms. The number of hydrogen-bond donors (Lipinski definition) is 0. The number of carbonyl (C=O) groups is 2. The number of rotatable bonds is 6. The lowest BCUT2D eigenvalue weighted by molar-refractivity contribution is -0.118. The van der Waals surface area contributed by atoms with E-state index in [4.69, 9.17) is 0 Å². The quantitative estimate of drug-likeness (QED) is 0.728. The van der Waals surface area contributed by atoms with Crippen molar-refractivity contribution >= 4 is 11.8 Å². The zero-order chi connectivity index (χ0) is 18.4. The highest BCUT2D eigenvalue weighted by Gasteiger charge is 2.13. The molecular weight excluding hydrogens is 312 g/mol. The molecule has 0 N–H and O–H groups in total. The first-order chi connectivity index (χ1) is 11.8. The highest BCUT2D eigenvalue weighted by Crippen LogP contribution is 2.22. The molecule has 2 rings (SSSR count). The molecule has 0 aromatic heterocycles. The average molecular weight is 338 g/mol. The Hall–Kier alpha value is -2.42. The largest absolute Gasteiger partial charge is 0.465 e. The molecule has 0 aliphatic carbocycles. The van der Waals surface area contributed by atoms with Crippen LogP contribution in [0.2, 0.25) is 0 Å². The van der Waals surface area contributed by atoms with Gasteiger partial charge in [0.05, 0.1) is 12.7 Å². The molecule has 0 amide bonds. The number of ether oxygens (including phenoxy) is 1. The summed E-state index contributed by atoms with van der Waals surface area (Å²) in [6.07, 6.45) is 1.64. The van der Waals surface area contributed by atoms with E-state index >= 15 is 0 Å². The molecule has 3 nitrogen and oxygen atoms in total. The first kappa shape index (κ1) is 18.9. The molecule has 0 saturated heterocycles. The van der Waals surface area contributed by atoms with Gasteiger partial charge in [-0.2, -0.15) is 0 Å². The van der Waals surface area contributed by atoms with E-state index in [1.54, 1.807) is 12.1 Å². The van der Waals surface area contributed by atoms with Crippen molar-refractivity contribution in [3.8, 4) is 0 Å². The van der Waals surface area contributed by atoms with Gasteiger partial charge in [0.15, 0.2) is 0 Å². The van der Waals surface area contributed by atoms with E-state index in [0.717, 1.165) is 11.1 Å². The molecule has 0 heterocycles. The number of aryl methyl sites for hydroxylation is 1. The fraction of sp³-hybridized carbons (Fsp3) is 0.364. The molecule has 0 atom stereocenters. The molecule has 0 unspecified atom stereocenters. The molecule has 0 radical (unpaired) electrons. The lowest BCUT2D eigenvalue weighted by Crippen LogP contribution is -2.11. The van der Waals surface area contributed by atoms with Crippen LogP contribution in [0, 0.1) is 0 Å². The molecule has 0 saturated carbocycles. The zero-order valence-electron chi connectivity index (χ0n) is 15.5. The van der Waals surface area contributed by atoms with Crippen molar-refractivity contribution in [3.63, 3.8) is 0 Å². The average Bonchev–Trinajstić information content (AvgIpc) is 2.59. The van der Waals surface area contributed by atoms with Gasteiger partial charge in [0.25, 0.3) is 0 Å². The second-order valence-corrected chi connectivity index (χ2v) is 7.35. The van der Waals surface area contributed by atoms with Crippen LogP contribution in [0.1, 0.15) is 54.2 Å². The summed E-state index contributed by atoms with van der Waals surface area (Å²) >= 11 is 0. The van der Waals surface area contributed by atoms with Gasteiger partial charge in [0, 0.05) is 12.8 Å². The molecule has 3 heteroatoms. The molecule has 2 aromatic rings. The zero-order valence-corrected chi connectivity index (χ0v) is 15.5. The molecule has 0 aliphatic rings. The highest BCUT2D eigenvalue weighted by molar-refractivity contribution is 5.89. The Labute approximate surface area is 150 Å². The van der Waals surface area contributed by atoms with Crippen molar-refractivity contribution in [3.05, 3.63) is 70.8 Å². The molecule has 0 bridgehead atoms. The van der Waals surface area contributed by atoms with E-state index in [9.17, 15) is 9.59 Å². The number of hydrogen-bond acceptors (Lipinski definition) is 3. The van der Waals surface area contributed by atoms with Gasteiger partial charge in [-0.1, -0.05) is 57.2 Å². The van der Waals surface area contributed by atoms with E-state index in [-0.39, 0.29) is 17.2 Å². The fourth-order valence-electron chi connectivity index (χ4n) is 2.65. The maximum Gasteiger partial charge on any atom is 0.337 e. The Morgan fingerprint density at radius 1 is 0.880 bits per heavy atom. The van der Waals surface area contributed by atoms with Crippen molar-refractivity contribution in [2.45, 2.75) is 45.4 Å². The standard InChI is InChI=1S/C22H26O3/c1-22(2,3)19-12-7-17(8-13-19)15-20(23)14-9-16-5-10-18(11-6-16)21(24)25-4/h5-8,10-13H,9,14-15H2,1-4H3. The van der Waals surface area contributed by atoms with Crippen molar-refractivity contribution in [2.24, 2.45) is 0 Å². The van der Waals surface area contributed by atoms with Gasteiger partial charge in [0.2, 0.25) is 0 Å². The maximum absolute atomic E-state index is 12.2. The summed E-state index contributed by atoms with van der Waals surface area (Å²) < 4.78 is 4.68. The van der Waals surface area contributed by atoms with Gasteiger partial charge < -0.3 is 4.74 Å². The normalized spacial score (nSPS) is 11.2. The Morgan fingerprint density at radius 2 is 1.44 bits per heavy atom. The second kappa shape index (κ2) is 8.11. The molecule has 0 fully saturated rings. The predicted molar refractivity (Wildman–Crippen MR) is 100.0 cm³/mol. The molecule has 132 valence electrons. The Kier molecular flexibility index (Phi) is 6.13. The highest BCUT2D eigenvalue weighted by atomic mass is 16.5. The number of benzene rings is 2. The first-order valence-electron chi connectivity index (χ1n) is 8.58. The monoisotopic (exact) mass is 338 g/mol. The van der Waals surface area contributed by atoms with E-state index in [1.807, 2.05) is 24.3 Å². The summed E-state index contributed by atoms with van der Waals surface area (Å²) in [5.74, 6) is -0.123. The minimum Gasteiger partial charge on any atom is -0.465 e. The fourth-order valence-corrected chi connectivity index (χ4v) is 2.65. The van der Waals surface area contributed by atoms with Gasteiger partial charge >= 0.3 is 5.97 Å². The summed E-state index contributed by atoms with van der Waals surface area (Å²) in [6.45, 7) is 6.54. The van der Waals surface area contributed by atoms with Gasteiger partial charge in [-0.3, -0.25) is 4.79 Å². The van der Waals surface area contributed by atoms with Crippen molar-refractivity contribution in [1.82, 2.24) is 0 Å². The summed E-state index contributed by atoms with van der Waals surface area (Å²) in [4.78, 5) is 23.6. The molecule has 0 spiro atoms. The lowest BCUT2D eigenvalue weighted by Gasteiger charge is -2.19. The minimum absolute atomic E-state index is 0.124. The van der Waals surface area contributed by atoms with Crippen LogP contribution < -0.4 is 0 Å². The van der Waals surface area contributed by atoms with Gasteiger partial charge in [-0.25, -0.2) is 4.79 Å². The lowest BCUT2D eigenvalue weighted by atomic mass is 9.86. The maximum atomic E-state index is 12.2. The number of ketones is 1. The van der Waals surface area contributed by atoms with Crippen LogP contribution in [-0.4, -0.2) is 18.9 Å². The third kappa shape index (κ3) is 5.56. The van der Waals surface area contributed by atoms with Gasteiger partial charge in [0.1, 0.15) is 5.78 Å². The van der Waals surface area contributed by atoms with Gasteiger partial charge in [-0.05, 0) is 40.7 Å². The predicted octanol–water partition coefficient (Wildman–Crippen LogP) is 4.52.